The molecule has 0 spiro atoms. The molecule has 1 nitrogen and oxygen atoms in total. The molecule has 0 fully saturated rings. The van der Waals surface area contributed by atoms with E-state index in [1.54, 1.807) is 0 Å². The molecule has 0 unspecified atom stereocenters. The van der Waals surface area contributed by atoms with Gasteiger partial charge in [-0.1, -0.05) is 152 Å². The van der Waals surface area contributed by atoms with Crippen LogP contribution in [0.15, 0.2) is 188 Å². The largest absolute Gasteiger partial charge is 0.310 e. The summed E-state index contributed by atoms with van der Waals surface area (Å²) in [6.07, 6.45) is 0. The molecule has 0 bridgehead atoms. The summed E-state index contributed by atoms with van der Waals surface area (Å²) in [5.41, 5.74) is 10.7. The molecular formula is C46H31NS. The molecule has 48 heavy (non-hydrogen) atoms. The molecule has 0 aliphatic heterocycles. The van der Waals surface area contributed by atoms with Crippen LogP contribution in [0.4, 0.5) is 17.1 Å². The Bertz CT molecular complexity index is 2540. The van der Waals surface area contributed by atoms with Gasteiger partial charge in [0.1, 0.15) is 0 Å². The Balaban J connectivity index is 1.21. The molecule has 0 saturated carbocycles. The highest BCUT2D eigenvalue weighted by Crippen LogP contribution is 2.44. The molecular weight excluding hydrogens is 599 g/mol. The molecule has 0 aliphatic rings. The first kappa shape index (κ1) is 28.3. The Morgan fingerprint density at radius 3 is 1.62 bits per heavy atom. The van der Waals surface area contributed by atoms with E-state index in [9.17, 15) is 0 Å². The van der Waals surface area contributed by atoms with Crippen molar-refractivity contribution in [3.63, 3.8) is 0 Å². The minimum Gasteiger partial charge on any atom is -0.310 e. The molecule has 1 heterocycles. The second-order valence-corrected chi connectivity index (χ2v) is 13.2. The van der Waals surface area contributed by atoms with Crippen LogP contribution in [-0.4, -0.2) is 0 Å². The summed E-state index contributed by atoms with van der Waals surface area (Å²) in [6, 6.07) is 68.1. The highest BCUT2D eigenvalue weighted by Gasteiger charge is 2.19. The summed E-state index contributed by atoms with van der Waals surface area (Å²) in [4.78, 5) is 2.41. The first-order valence-corrected chi connectivity index (χ1v) is 17.2. The van der Waals surface area contributed by atoms with Gasteiger partial charge in [0.15, 0.2) is 0 Å². The maximum Gasteiger partial charge on any atom is 0.0540 e. The number of anilines is 3. The second kappa shape index (κ2) is 12.0. The molecule has 2 heteroatoms. The Hall–Kier alpha value is -5.96. The lowest BCUT2D eigenvalue weighted by Crippen LogP contribution is -2.11. The molecule has 9 aromatic rings. The average molecular weight is 630 g/mol. The van der Waals surface area contributed by atoms with Crippen molar-refractivity contribution in [2.75, 3.05) is 4.90 Å². The van der Waals surface area contributed by atoms with Crippen molar-refractivity contribution in [2.45, 2.75) is 0 Å². The third kappa shape index (κ3) is 4.95. The van der Waals surface area contributed by atoms with E-state index >= 15 is 0 Å². The van der Waals surface area contributed by atoms with Gasteiger partial charge >= 0.3 is 0 Å². The molecule has 0 aliphatic carbocycles. The molecule has 0 N–H and O–H groups in total. The fourth-order valence-corrected chi connectivity index (χ4v) is 8.18. The second-order valence-electron chi connectivity index (χ2n) is 12.1. The minimum absolute atomic E-state index is 1.12. The fourth-order valence-electron chi connectivity index (χ4n) is 7.04. The lowest BCUT2D eigenvalue weighted by molar-refractivity contribution is 1.29. The summed E-state index contributed by atoms with van der Waals surface area (Å²) in [5, 5.41) is 5.14. The Labute approximate surface area is 284 Å². The molecule has 9 rings (SSSR count). The van der Waals surface area contributed by atoms with Crippen molar-refractivity contribution in [3.05, 3.63) is 188 Å². The first-order valence-electron chi connectivity index (χ1n) is 16.4. The summed E-state index contributed by atoms with van der Waals surface area (Å²) >= 11 is 1.86. The predicted molar refractivity (Wildman–Crippen MR) is 208 cm³/mol. The summed E-state index contributed by atoms with van der Waals surface area (Å²) in [7, 11) is 0. The number of thiophene rings is 1. The maximum atomic E-state index is 2.41. The zero-order valence-electron chi connectivity index (χ0n) is 26.3. The van der Waals surface area contributed by atoms with Crippen LogP contribution in [0.3, 0.4) is 0 Å². The lowest BCUT2D eigenvalue weighted by atomic mass is 9.91. The van der Waals surface area contributed by atoms with Crippen LogP contribution >= 0.6 is 11.3 Å². The molecule has 0 amide bonds. The Morgan fingerprint density at radius 1 is 0.354 bits per heavy atom. The van der Waals surface area contributed by atoms with E-state index in [0.29, 0.717) is 0 Å². The van der Waals surface area contributed by atoms with Crippen molar-refractivity contribution in [1.29, 1.82) is 0 Å². The lowest BCUT2D eigenvalue weighted by Gasteiger charge is -2.28. The van der Waals surface area contributed by atoms with E-state index in [2.05, 4.69) is 193 Å². The normalized spacial score (nSPS) is 11.3. The number of hydrogen-bond acceptors (Lipinski definition) is 2. The van der Waals surface area contributed by atoms with E-state index in [1.165, 1.54) is 64.3 Å². The topological polar surface area (TPSA) is 3.24 Å². The Morgan fingerprint density at radius 2 is 0.896 bits per heavy atom. The third-order valence-electron chi connectivity index (χ3n) is 9.28. The van der Waals surface area contributed by atoms with Crippen molar-refractivity contribution in [1.82, 2.24) is 0 Å². The van der Waals surface area contributed by atoms with E-state index in [-0.39, 0.29) is 0 Å². The third-order valence-corrected chi connectivity index (χ3v) is 10.4. The molecule has 0 atom stereocenters. The highest BCUT2D eigenvalue weighted by molar-refractivity contribution is 7.25. The molecule has 8 aromatic carbocycles. The van der Waals surface area contributed by atoms with Gasteiger partial charge < -0.3 is 4.90 Å². The Kier molecular flexibility index (Phi) is 7.07. The maximum absolute atomic E-state index is 2.41. The van der Waals surface area contributed by atoms with Gasteiger partial charge in [0.25, 0.3) is 0 Å². The van der Waals surface area contributed by atoms with Gasteiger partial charge in [-0.3, -0.25) is 0 Å². The first-order chi connectivity index (χ1) is 23.8. The van der Waals surface area contributed by atoms with E-state index in [0.717, 1.165) is 17.1 Å². The van der Waals surface area contributed by atoms with Gasteiger partial charge in [0, 0.05) is 37.1 Å². The van der Waals surface area contributed by atoms with Gasteiger partial charge in [-0.15, -0.1) is 11.3 Å². The minimum atomic E-state index is 1.12. The number of benzene rings is 8. The number of para-hydroxylation sites is 1. The van der Waals surface area contributed by atoms with Gasteiger partial charge in [0.2, 0.25) is 0 Å². The summed E-state index contributed by atoms with van der Waals surface area (Å²) < 4.78 is 2.60. The standard InChI is InChI=1S/C46H31NS/c1-3-13-32(14-4-1)38-19-7-9-23-43(38)47(37-29-30-42-41-20-8-10-24-44(41)48-45(42)31-37)36-27-25-34(26-28-36)40-22-12-18-35-17-11-21-39(46(35)40)33-15-5-2-6-16-33/h1-31H. The van der Waals surface area contributed by atoms with E-state index in [1.807, 2.05) is 11.3 Å². The highest BCUT2D eigenvalue weighted by atomic mass is 32.1. The van der Waals surface area contributed by atoms with E-state index < -0.39 is 0 Å². The summed E-state index contributed by atoms with van der Waals surface area (Å²) in [5.74, 6) is 0. The van der Waals surface area contributed by atoms with Crippen LogP contribution in [0.25, 0.3) is 64.3 Å². The van der Waals surface area contributed by atoms with Gasteiger partial charge in [0.05, 0.1) is 5.69 Å². The van der Waals surface area contributed by atoms with Crippen molar-refractivity contribution in [2.24, 2.45) is 0 Å². The van der Waals surface area contributed by atoms with Gasteiger partial charge in [-0.05, 0) is 75.0 Å². The molecule has 1 aromatic heterocycles. The average Bonchev–Trinajstić information content (AvgIpc) is 3.54. The molecule has 0 saturated heterocycles. The number of nitrogens with zero attached hydrogens (tertiary/aromatic N) is 1. The summed E-state index contributed by atoms with van der Waals surface area (Å²) in [6.45, 7) is 0. The van der Waals surface area contributed by atoms with Crippen LogP contribution in [0.1, 0.15) is 0 Å². The van der Waals surface area contributed by atoms with Crippen molar-refractivity contribution < 1.29 is 0 Å². The van der Waals surface area contributed by atoms with Gasteiger partial charge in [-0.2, -0.15) is 0 Å². The van der Waals surface area contributed by atoms with E-state index in [4.69, 9.17) is 0 Å². The smallest absolute Gasteiger partial charge is 0.0540 e. The fraction of sp³-hybridized carbons (Fsp3) is 0. The van der Waals surface area contributed by atoms with Crippen LogP contribution in [0.5, 0.6) is 0 Å². The van der Waals surface area contributed by atoms with Crippen molar-refractivity contribution in [3.8, 4) is 33.4 Å². The number of fused-ring (bicyclic) bond motifs is 4. The monoisotopic (exact) mass is 629 g/mol. The van der Waals surface area contributed by atoms with Crippen LogP contribution in [-0.2, 0) is 0 Å². The van der Waals surface area contributed by atoms with Crippen LogP contribution in [0, 0.1) is 0 Å². The number of rotatable bonds is 6. The molecule has 0 radical (unpaired) electrons. The number of hydrogen-bond donors (Lipinski definition) is 0. The zero-order chi connectivity index (χ0) is 31.9. The SMILES string of the molecule is c1ccc(-c2ccccc2N(c2ccc(-c3cccc4cccc(-c5ccccc5)c34)cc2)c2ccc3c(c2)sc2ccccc23)cc1. The molecule has 226 valence electrons. The predicted octanol–water partition coefficient (Wildman–Crippen LogP) is 13.7. The zero-order valence-corrected chi connectivity index (χ0v) is 27.1. The van der Waals surface area contributed by atoms with Crippen LogP contribution < -0.4 is 4.90 Å². The van der Waals surface area contributed by atoms with Crippen molar-refractivity contribution >= 4 is 59.3 Å². The quantitative estimate of drug-likeness (QED) is 0.177. The van der Waals surface area contributed by atoms with Gasteiger partial charge in [-0.25, -0.2) is 0 Å². The van der Waals surface area contributed by atoms with Crippen LogP contribution in [0.2, 0.25) is 0 Å².